The van der Waals surface area contributed by atoms with Gasteiger partial charge in [-0.25, -0.2) is 12.8 Å². The van der Waals surface area contributed by atoms with Crippen molar-refractivity contribution in [3.05, 3.63) is 59.4 Å². The molecule has 0 bridgehead atoms. The van der Waals surface area contributed by atoms with Gasteiger partial charge in [-0.3, -0.25) is 9.10 Å². The van der Waals surface area contributed by atoms with Crippen molar-refractivity contribution in [3.8, 4) is 0 Å². The van der Waals surface area contributed by atoms with Gasteiger partial charge >= 0.3 is 0 Å². The van der Waals surface area contributed by atoms with Crippen molar-refractivity contribution in [1.82, 2.24) is 0 Å². The number of nitrogens with one attached hydrogen (secondary N) is 1. The third-order valence-electron chi connectivity index (χ3n) is 5.39. The molecule has 1 N–H and O–H groups in total. The van der Waals surface area contributed by atoms with Crippen LogP contribution in [0.5, 0.6) is 0 Å². The first-order chi connectivity index (χ1) is 12.8. The minimum Gasteiger partial charge on any atom is -0.325 e. The van der Waals surface area contributed by atoms with Gasteiger partial charge in [0.15, 0.2) is 0 Å². The van der Waals surface area contributed by atoms with Crippen LogP contribution in [0, 0.1) is 5.82 Å². The first kappa shape index (κ1) is 18.0. The molecule has 0 atom stereocenters. The molecular formula is C20H21FN2O3S. The highest BCUT2D eigenvalue weighted by Crippen LogP contribution is 2.50. The minimum atomic E-state index is -3.38. The van der Waals surface area contributed by atoms with Crippen LogP contribution in [0.2, 0.25) is 0 Å². The SMILES string of the molecule is CS(=O)(=O)N1CCCc2ccc(NC(=O)C3(c4ccccc4F)CC3)cc21. The standard InChI is InChI=1S/C20H21FN2O3S/c1-27(25,26)23-12-4-5-14-8-9-15(13-18(14)23)22-19(24)20(10-11-20)16-6-2-3-7-17(16)21/h2-3,6-9,13H,4-5,10-12H2,1H3,(H,22,24). The minimum absolute atomic E-state index is 0.255. The normalized spacial score (nSPS) is 17.9. The zero-order valence-corrected chi connectivity index (χ0v) is 15.9. The van der Waals surface area contributed by atoms with Gasteiger partial charge in [0.2, 0.25) is 15.9 Å². The smallest absolute Gasteiger partial charge is 0.235 e. The molecule has 4 rings (SSSR count). The number of benzene rings is 2. The van der Waals surface area contributed by atoms with E-state index in [0.29, 0.717) is 36.3 Å². The summed E-state index contributed by atoms with van der Waals surface area (Å²) in [6.45, 7) is 0.433. The van der Waals surface area contributed by atoms with Gasteiger partial charge in [0, 0.05) is 17.8 Å². The molecule has 0 spiro atoms. The Balaban J connectivity index is 1.63. The average molecular weight is 388 g/mol. The monoisotopic (exact) mass is 388 g/mol. The molecule has 2 aliphatic rings. The summed E-state index contributed by atoms with van der Waals surface area (Å²) >= 11 is 0. The molecule has 1 aliphatic heterocycles. The summed E-state index contributed by atoms with van der Waals surface area (Å²) in [6, 6.07) is 11.7. The summed E-state index contributed by atoms with van der Waals surface area (Å²) in [4.78, 5) is 12.9. The van der Waals surface area contributed by atoms with Crippen LogP contribution in [0.25, 0.3) is 0 Å². The van der Waals surface area contributed by atoms with Gasteiger partial charge in [-0.2, -0.15) is 0 Å². The van der Waals surface area contributed by atoms with Gasteiger partial charge < -0.3 is 5.32 Å². The van der Waals surface area contributed by atoms with Gasteiger partial charge in [-0.05, 0) is 49.4 Å². The summed E-state index contributed by atoms with van der Waals surface area (Å²) < 4.78 is 39.7. The van der Waals surface area contributed by atoms with Crippen LogP contribution in [-0.4, -0.2) is 27.1 Å². The van der Waals surface area contributed by atoms with Crippen molar-refractivity contribution in [2.45, 2.75) is 31.1 Å². The van der Waals surface area contributed by atoms with E-state index in [2.05, 4.69) is 5.32 Å². The highest BCUT2D eigenvalue weighted by molar-refractivity contribution is 7.92. The Hall–Kier alpha value is -2.41. The van der Waals surface area contributed by atoms with Crippen LogP contribution in [0.4, 0.5) is 15.8 Å². The summed E-state index contributed by atoms with van der Waals surface area (Å²) in [5.41, 5.74) is 1.66. The number of fused-ring (bicyclic) bond motifs is 1. The second-order valence-corrected chi connectivity index (χ2v) is 9.21. The van der Waals surface area contributed by atoms with E-state index in [-0.39, 0.29) is 11.7 Å². The summed E-state index contributed by atoms with van der Waals surface area (Å²) in [7, 11) is -3.38. The van der Waals surface area contributed by atoms with Crippen LogP contribution in [0.3, 0.4) is 0 Å². The summed E-state index contributed by atoms with van der Waals surface area (Å²) in [5, 5.41) is 2.87. The highest BCUT2D eigenvalue weighted by Gasteiger charge is 2.52. The van der Waals surface area contributed by atoms with Crippen molar-refractivity contribution in [1.29, 1.82) is 0 Å². The molecule has 1 amide bonds. The van der Waals surface area contributed by atoms with Gasteiger partial charge in [-0.15, -0.1) is 0 Å². The fourth-order valence-corrected chi connectivity index (χ4v) is 4.79. The second kappa shape index (κ2) is 6.34. The van der Waals surface area contributed by atoms with E-state index < -0.39 is 15.4 Å². The van der Waals surface area contributed by atoms with Crippen LogP contribution >= 0.6 is 0 Å². The molecule has 0 radical (unpaired) electrons. The lowest BCUT2D eigenvalue weighted by molar-refractivity contribution is -0.118. The largest absolute Gasteiger partial charge is 0.325 e. The lowest BCUT2D eigenvalue weighted by atomic mass is 9.94. The van der Waals surface area contributed by atoms with E-state index in [0.717, 1.165) is 18.4 Å². The van der Waals surface area contributed by atoms with Gasteiger partial charge in [0.25, 0.3) is 0 Å². The number of amides is 1. The van der Waals surface area contributed by atoms with E-state index in [1.165, 1.54) is 16.6 Å². The predicted octanol–water partition coefficient (Wildman–Crippen LogP) is 3.21. The Morgan fingerprint density at radius 3 is 2.59 bits per heavy atom. The van der Waals surface area contributed by atoms with Gasteiger partial charge in [0.1, 0.15) is 5.82 Å². The fraction of sp³-hybridized carbons (Fsp3) is 0.350. The van der Waals surface area contributed by atoms with E-state index in [9.17, 15) is 17.6 Å². The topological polar surface area (TPSA) is 66.5 Å². The van der Waals surface area contributed by atoms with Gasteiger partial charge in [0.05, 0.1) is 17.4 Å². The molecule has 2 aromatic carbocycles. The third kappa shape index (κ3) is 3.20. The number of sulfonamides is 1. The molecule has 0 unspecified atom stereocenters. The average Bonchev–Trinajstić information content (AvgIpc) is 3.42. The first-order valence-corrected chi connectivity index (χ1v) is 10.8. The van der Waals surface area contributed by atoms with Crippen molar-refractivity contribution < 1.29 is 17.6 Å². The zero-order valence-electron chi connectivity index (χ0n) is 15.0. The number of carbonyl (C=O) groups is 1. The Morgan fingerprint density at radius 2 is 1.93 bits per heavy atom. The number of aryl methyl sites for hydroxylation is 1. The molecule has 27 heavy (non-hydrogen) atoms. The van der Waals surface area contributed by atoms with Crippen molar-refractivity contribution in [2.75, 3.05) is 22.4 Å². The quantitative estimate of drug-likeness (QED) is 0.875. The lowest BCUT2D eigenvalue weighted by Crippen LogP contribution is -2.34. The molecular weight excluding hydrogens is 367 g/mol. The Morgan fingerprint density at radius 1 is 1.19 bits per heavy atom. The van der Waals surface area contributed by atoms with Crippen molar-refractivity contribution in [3.63, 3.8) is 0 Å². The molecule has 1 aliphatic carbocycles. The van der Waals surface area contributed by atoms with Crippen LogP contribution in [0.15, 0.2) is 42.5 Å². The van der Waals surface area contributed by atoms with E-state index >= 15 is 0 Å². The maximum Gasteiger partial charge on any atom is 0.235 e. The molecule has 0 saturated heterocycles. The molecule has 5 nitrogen and oxygen atoms in total. The van der Waals surface area contributed by atoms with Crippen molar-refractivity contribution >= 4 is 27.3 Å². The highest BCUT2D eigenvalue weighted by atomic mass is 32.2. The molecule has 0 aromatic heterocycles. The summed E-state index contributed by atoms with van der Waals surface area (Å²) in [5.74, 6) is -0.631. The van der Waals surface area contributed by atoms with Crippen molar-refractivity contribution in [2.24, 2.45) is 0 Å². The zero-order chi connectivity index (χ0) is 19.2. The number of rotatable bonds is 4. The van der Waals surface area contributed by atoms with Crippen LogP contribution < -0.4 is 9.62 Å². The lowest BCUT2D eigenvalue weighted by Gasteiger charge is -2.29. The number of hydrogen-bond donors (Lipinski definition) is 1. The molecule has 7 heteroatoms. The van der Waals surface area contributed by atoms with E-state index in [1.54, 1.807) is 30.3 Å². The van der Waals surface area contributed by atoms with E-state index in [4.69, 9.17) is 0 Å². The Kier molecular flexibility index (Phi) is 4.22. The number of hydrogen-bond acceptors (Lipinski definition) is 3. The molecule has 1 heterocycles. The van der Waals surface area contributed by atoms with Crippen LogP contribution in [0.1, 0.15) is 30.4 Å². The molecule has 142 valence electrons. The number of halogens is 1. The van der Waals surface area contributed by atoms with Crippen LogP contribution in [-0.2, 0) is 26.7 Å². The first-order valence-electron chi connectivity index (χ1n) is 8.98. The third-order valence-corrected chi connectivity index (χ3v) is 6.57. The summed E-state index contributed by atoms with van der Waals surface area (Å²) in [6.07, 6.45) is 3.95. The Bertz CT molecular complexity index is 1020. The maximum absolute atomic E-state index is 14.2. The number of anilines is 2. The predicted molar refractivity (Wildman–Crippen MR) is 103 cm³/mol. The maximum atomic E-state index is 14.2. The molecule has 1 saturated carbocycles. The molecule has 1 fully saturated rings. The fourth-order valence-electron chi connectivity index (χ4n) is 3.81. The van der Waals surface area contributed by atoms with E-state index in [1.807, 2.05) is 6.07 Å². The Labute approximate surface area is 158 Å². The van der Waals surface area contributed by atoms with Gasteiger partial charge in [-0.1, -0.05) is 24.3 Å². The molecule has 2 aromatic rings. The second-order valence-electron chi connectivity index (χ2n) is 7.30. The number of nitrogens with zero attached hydrogens (tertiary/aromatic N) is 1. The number of carbonyl (C=O) groups excluding carboxylic acids is 1.